The highest BCUT2D eigenvalue weighted by Crippen LogP contribution is 2.47. The highest BCUT2D eigenvalue weighted by Gasteiger charge is 2.61. The van der Waals surface area contributed by atoms with Gasteiger partial charge in [-0.15, -0.1) is 0 Å². The molecule has 1 amide bonds. The van der Waals surface area contributed by atoms with E-state index in [1.807, 2.05) is 17.2 Å². The summed E-state index contributed by atoms with van der Waals surface area (Å²) in [6.07, 6.45) is 5.38. The quantitative estimate of drug-likeness (QED) is 0.808. The number of amides is 1. The van der Waals surface area contributed by atoms with E-state index in [2.05, 4.69) is 16.0 Å². The fourth-order valence-electron chi connectivity index (χ4n) is 4.42. The molecule has 140 valence electrons. The molecule has 0 radical (unpaired) electrons. The smallest absolute Gasteiger partial charge is 0.257 e. The minimum atomic E-state index is -0.589. The van der Waals surface area contributed by atoms with Crippen LogP contribution in [0.15, 0.2) is 18.3 Å². The predicted octanol–water partition coefficient (Wildman–Crippen LogP) is 1.31. The van der Waals surface area contributed by atoms with Crippen LogP contribution in [0.5, 0.6) is 0 Å². The molecule has 0 aromatic carbocycles. The number of hydrogen-bond donors (Lipinski definition) is 0. The van der Waals surface area contributed by atoms with Gasteiger partial charge in [0, 0.05) is 38.7 Å². The summed E-state index contributed by atoms with van der Waals surface area (Å²) in [6, 6.07) is 4.11. The number of carbonyl (C=O) groups is 1. The maximum Gasteiger partial charge on any atom is 0.257 e. The number of rotatable bonds is 4. The van der Waals surface area contributed by atoms with E-state index < -0.39 is 5.60 Å². The first-order valence-electron chi connectivity index (χ1n) is 9.62. The Morgan fingerprint density at radius 2 is 2.08 bits per heavy atom. The fraction of sp³-hybridized carbons (Fsp3) is 0.684. The SMILES string of the molecule is O=C1N2CCCC2OC12CC(OCc1ccc(N3CCOCC3)nc1)C2. The molecule has 0 N–H and O–H groups in total. The summed E-state index contributed by atoms with van der Waals surface area (Å²) in [7, 11) is 0. The van der Waals surface area contributed by atoms with Crippen molar-refractivity contribution in [3.05, 3.63) is 23.9 Å². The topological polar surface area (TPSA) is 64.1 Å². The van der Waals surface area contributed by atoms with Gasteiger partial charge in [-0.25, -0.2) is 4.98 Å². The summed E-state index contributed by atoms with van der Waals surface area (Å²) >= 11 is 0. The van der Waals surface area contributed by atoms with Gasteiger partial charge in [0.25, 0.3) is 5.91 Å². The molecule has 1 aliphatic carbocycles. The lowest BCUT2D eigenvalue weighted by atomic mass is 9.76. The van der Waals surface area contributed by atoms with Crippen LogP contribution in [0, 0.1) is 0 Å². The van der Waals surface area contributed by atoms with Gasteiger partial charge in [-0.2, -0.15) is 0 Å². The molecule has 5 rings (SSSR count). The van der Waals surface area contributed by atoms with Gasteiger partial charge in [0.1, 0.15) is 12.0 Å². The van der Waals surface area contributed by atoms with Crippen LogP contribution in [0.2, 0.25) is 0 Å². The lowest BCUT2D eigenvalue weighted by Gasteiger charge is -2.42. The molecular weight excluding hydrogens is 334 g/mol. The average molecular weight is 359 g/mol. The number of nitrogens with zero attached hydrogens (tertiary/aromatic N) is 3. The third-order valence-corrected chi connectivity index (χ3v) is 5.95. The molecule has 1 saturated carbocycles. The molecule has 3 aliphatic heterocycles. The molecule has 1 aromatic rings. The Morgan fingerprint density at radius 3 is 2.81 bits per heavy atom. The van der Waals surface area contributed by atoms with E-state index in [4.69, 9.17) is 14.2 Å². The molecule has 4 fully saturated rings. The van der Waals surface area contributed by atoms with Crippen molar-refractivity contribution < 1.29 is 19.0 Å². The first kappa shape index (κ1) is 16.5. The Bertz CT molecular complexity index is 668. The number of ether oxygens (including phenoxy) is 3. The van der Waals surface area contributed by atoms with Gasteiger partial charge in [-0.1, -0.05) is 6.07 Å². The molecule has 1 atom stereocenters. The Morgan fingerprint density at radius 1 is 1.23 bits per heavy atom. The second-order valence-corrected chi connectivity index (χ2v) is 7.67. The largest absolute Gasteiger partial charge is 0.378 e. The number of pyridine rings is 1. The third kappa shape index (κ3) is 2.78. The number of aromatic nitrogens is 1. The predicted molar refractivity (Wildman–Crippen MR) is 93.6 cm³/mol. The minimum absolute atomic E-state index is 0.0142. The van der Waals surface area contributed by atoms with Crippen LogP contribution in [0.1, 0.15) is 31.2 Å². The average Bonchev–Trinajstić information content (AvgIpc) is 3.21. The van der Waals surface area contributed by atoms with Crippen molar-refractivity contribution in [3.8, 4) is 0 Å². The second-order valence-electron chi connectivity index (χ2n) is 7.67. The van der Waals surface area contributed by atoms with Gasteiger partial charge in [0.05, 0.1) is 25.9 Å². The number of morpholine rings is 1. The van der Waals surface area contributed by atoms with Crippen LogP contribution in [0.3, 0.4) is 0 Å². The van der Waals surface area contributed by atoms with E-state index in [1.165, 1.54) is 0 Å². The molecule has 4 aliphatic rings. The van der Waals surface area contributed by atoms with Gasteiger partial charge in [-0.05, 0) is 24.5 Å². The van der Waals surface area contributed by atoms with E-state index >= 15 is 0 Å². The van der Waals surface area contributed by atoms with Crippen molar-refractivity contribution in [2.45, 2.75) is 50.2 Å². The molecule has 26 heavy (non-hydrogen) atoms. The molecule has 7 heteroatoms. The van der Waals surface area contributed by atoms with Crippen LogP contribution >= 0.6 is 0 Å². The van der Waals surface area contributed by atoms with Gasteiger partial charge in [0.15, 0.2) is 5.60 Å². The van der Waals surface area contributed by atoms with E-state index in [0.29, 0.717) is 19.4 Å². The van der Waals surface area contributed by atoms with Crippen LogP contribution in [0.4, 0.5) is 5.82 Å². The second kappa shape index (κ2) is 6.48. The molecule has 1 aromatic heterocycles. The van der Waals surface area contributed by atoms with Crippen molar-refractivity contribution in [1.29, 1.82) is 0 Å². The van der Waals surface area contributed by atoms with Crippen molar-refractivity contribution in [2.75, 3.05) is 37.7 Å². The van der Waals surface area contributed by atoms with Gasteiger partial charge >= 0.3 is 0 Å². The zero-order chi connectivity index (χ0) is 17.6. The number of fused-ring (bicyclic) bond motifs is 1. The Labute approximate surface area is 153 Å². The summed E-state index contributed by atoms with van der Waals surface area (Å²) < 4.78 is 17.4. The summed E-state index contributed by atoms with van der Waals surface area (Å²) in [5.74, 6) is 1.17. The summed E-state index contributed by atoms with van der Waals surface area (Å²) in [6.45, 7) is 4.67. The van der Waals surface area contributed by atoms with Crippen molar-refractivity contribution in [2.24, 2.45) is 0 Å². The molecule has 4 heterocycles. The lowest BCUT2D eigenvalue weighted by Crippen LogP contribution is -2.54. The third-order valence-electron chi connectivity index (χ3n) is 5.95. The van der Waals surface area contributed by atoms with E-state index in [-0.39, 0.29) is 18.2 Å². The monoisotopic (exact) mass is 359 g/mol. The zero-order valence-electron chi connectivity index (χ0n) is 14.9. The van der Waals surface area contributed by atoms with Crippen LogP contribution in [-0.4, -0.2) is 66.6 Å². The maximum absolute atomic E-state index is 12.5. The van der Waals surface area contributed by atoms with Crippen molar-refractivity contribution in [1.82, 2.24) is 9.88 Å². The first-order chi connectivity index (χ1) is 12.7. The highest BCUT2D eigenvalue weighted by atomic mass is 16.6. The van der Waals surface area contributed by atoms with Gasteiger partial charge < -0.3 is 24.0 Å². The molecule has 1 spiro atoms. The molecule has 0 bridgehead atoms. The van der Waals surface area contributed by atoms with Crippen molar-refractivity contribution in [3.63, 3.8) is 0 Å². The Hall–Kier alpha value is -1.70. The lowest BCUT2D eigenvalue weighted by molar-refractivity contribution is -0.177. The summed E-state index contributed by atoms with van der Waals surface area (Å²) in [5, 5.41) is 0. The summed E-state index contributed by atoms with van der Waals surface area (Å²) in [4.78, 5) is 21.2. The Balaban J connectivity index is 1.12. The fourth-order valence-corrected chi connectivity index (χ4v) is 4.42. The van der Waals surface area contributed by atoms with Crippen LogP contribution in [-0.2, 0) is 25.6 Å². The molecular formula is C19H25N3O4. The standard InChI is InChI=1S/C19H25N3O4/c23-18-19(26-17-2-1-5-22(17)18)10-15(11-19)25-13-14-3-4-16(20-12-14)21-6-8-24-9-7-21/h3-4,12,15,17H,1-2,5-11,13H2. The van der Waals surface area contributed by atoms with Gasteiger partial charge in [0.2, 0.25) is 0 Å². The number of carbonyl (C=O) groups excluding carboxylic acids is 1. The minimum Gasteiger partial charge on any atom is -0.378 e. The summed E-state index contributed by atoms with van der Waals surface area (Å²) in [5.41, 5.74) is 0.469. The number of hydrogen-bond acceptors (Lipinski definition) is 6. The number of anilines is 1. The molecule has 7 nitrogen and oxygen atoms in total. The maximum atomic E-state index is 12.5. The van der Waals surface area contributed by atoms with E-state index in [0.717, 1.165) is 57.1 Å². The molecule has 3 saturated heterocycles. The normalized spacial score (nSPS) is 33.6. The van der Waals surface area contributed by atoms with Crippen molar-refractivity contribution >= 4 is 11.7 Å². The van der Waals surface area contributed by atoms with E-state index in [9.17, 15) is 4.79 Å². The molecule has 1 unspecified atom stereocenters. The van der Waals surface area contributed by atoms with Crippen LogP contribution in [0.25, 0.3) is 0 Å². The van der Waals surface area contributed by atoms with Gasteiger partial charge in [-0.3, -0.25) is 4.79 Å². The van der Waals surface area contributed by atoms with Crippen LogP contribution < -0.4 is 4.90 Å². The zero-order valence-corrected chi connectivity index (χ0v) is 14.9. The highest BCUT2D eigenvalue weighted by molar-refractivity contribution is 5.88. The first-order valence-corrected chi connectivity index (χ1v) is 9.62. The Kier molecular flexibility index (Phi) is 4.10. The van der Waals surface area contributed by atoms with E-state index in [1.54, 1.807) is 0 Å².